The molecule has 0 aliphatic carbocycles. The first-order chi connectivity index (χ1) is 8.56. The molecule has 94 valence electrons. The van der Waals surface area contributed by atoms with Gasteiger partial charge in [0.1, 0.15) is 6.42 Å². The molecule has 1 N–H and O–H groups in total. The maximum atomic E-state index is 11.1. The van der Waals surface area contributed by atoms with E-state index in [4.69, 9.17) is 9.84 Å². The Hall–Kier alpha value is -2.28. The van der Waals surface area contributed by atoms with Crippen LogP contribution in [-0.2, 0) is 9.53 Å². The highest BCUT2D eigenvalue weighted by molar-refractivity contribution is 5.91. The fourth-order valence-electron chi connectivity index (χ4n) is 1.43. The monoisotopic (exact) mass is 246 g/mol. The Bertz CT molecular complexity index is 520. The number of hydrogen-bond acceptors (Lipinski definition) is 3. The van der Waals surface area contributed by atoms with Crippen LogP contribution in [0.25, 0.3) is 0 Å². The molecule has 1 aromatic carbocycles. The van der Waals surface area contributed by atoms with Crippen molar-refractivity contribution >= 4 is 11.9 Å². The third kappa shape index (κ3) is 3.63. The number of ether oxygens (including phenoxy) is 1. The molecule has 0 fully saturated rings. The lowest BCUT2D eigenvalue weighted by atomic mass is 10.0. The van der Waals surface area contributed by atoms with Crippen molar-refractivity contribution in [3.63, 3.8) is 0 Å². The van der Waals surface area contributed by atoms with Crippen molar-refractivity contribution in [1.82, 2.24) is 0 Å². The van der Waals surface area contributed by atoms with Gasteiger partial charge in [-0.15, -0.1) is 0 Å². The smallest absolute Gasteiger partial charge is 0.336 e. The van der Waals surface area contributed by atoms with E-state index in [1.807, 2.05) is 0 Å². The minimum atomic E-state index is -1.03. The molecule has 0 aromatic heterocycles. The van der Waals surface area contributed by atoms with Crippen molar-refractivity contribution in [2.24, 2.45) is 0 Å². The van der Waals surface area contributed by atoms with Gasteiger partial charge in [0, 0.05) is 5.56 Å². The summed E-state index contributed by atoms with van der Waals surface area (Å²) in [6.45, 7) is 3.81. The van der Waals surface area contributed by atoms with Crippen LogP contribution in [-0.4, -0.2) is 23.7 Å². The van der Waals surface area contributed by atoms with Gasteiger partial charge in [-0.2, -0.15) is 0 Å². The predicted octanol–water partition coefficient (Wildman–Crippen LogP) is 2.00. The van der Waals surface area contributed by atoms with E-state index in [0.29, 0.717) is 12.2 Å². The Balaban J connectivity index is 2.94. The number of benzene rings is 1. The number of esters is 1. The van der Waals surface area contributed by atoms with Crippen LogP contribution >= 0.6 is 0 Å². The summed E-state index contributed by atoms with van der Waals surface area (Å²) in [5.41, 5.74) is 1.35. The fourth-order valence-corrected chi connectivity index (χ4v) is 1.43. The molecule has 0 saturated heterocycles. The van der Waals surface area contributed by atoms with Crippen LogP contribution in [0.4, 0.5) is 0 Å². The first kappa shape index (κ1) is 13.8. The molecular weight excluding hydrogens is 232 g/mol. The third-order valence-electron chi connectivity index (χ3n) is 2.25. The van der Waals surface area contributed by atoms with E-state index >= 15 is 0 Å². The molecule has 0 atom stereocenters. The average molecular weight is 246 g/mol. The largest absolute Gasteiger partial charge is 0.478 e. The number of carboxylic acid groups (broad SMARTS) is 1. The zero-order valence-electron chi connectivity index (χ0n) is 10.3. The first-order valence-electron chi connectivity index (χ1n) is 5.53. The summed E-state index contributed by atoms with van der Waals surface area (Å²) in [6, 6.07) is 4.93. The highest BCUT2D eigenvalue weighted by Gasteiger charge is 2.09. The molecule has 0 radical (unpaired) electrons. The van der Waals surface area contributed by atoms with E-state index in [2.05, 4.69) is 11.8 Å². The van der Waals surface area contributed by atoms with Crippen LogP contribution in [0.5, 0.6) is 0 Å². The van der Waals surface area contributed by atoms with Gasteiger partial charge in [0.25, 0.3) is 0 Å². The highest BCUT2D eigenvalue weighted by Crippen LogP contribution is 2.12. The van der Waals surface area contributed by atoms with Gasteiger partial charge in [-0.1, -0.05) is 24.0 Å². The zero-order chi connectivity index (χ0) is 13.5. The minimum absolute atomic E-state index is 0.0404. The summed E-state index contributed by atoms with van der Waals surface area (Å²) in [6.07, 6.45) is -0.0404. The number of carbonyl (C=O) groups is 2. The Labute approximate surface area is 106 Å². The summed E-state index contributed by atoms with van der Waals surface area (Å²) >= 11 is 0. The second-order valence-corrected chi connectivity index (χ2v) is 3.59. The van der Waals surface area contributed by atoms with Crippen LogP contribution in [0.15, 0.2) is 18.2 Å². The molecule has 1 rings (SSSR count). The van der Waals surface area contributed by atoms with Gasteiger partial charge in [-0.25, -0.2) is 4.79 Å². The van der Waals surface area contributed by atoms with Gasteiger partial charge in [-0.3, -0.25) is 4.79 Å². The second-order valence-electron chi connectivity index (χ2n) is 3.59. The van der Waals surface area contributed by atoms with Gasteiger partial charge in [0.05, 0.1) is 12.2 Å². The van der Waals surface area contributed by atoms with E-state index in [1.165, 1.54) is 6.07 Å². The molecule has 0 heterocycles. The number of rotatable bonds is 3. The Kier molecular flexibility index (Phi) is 4.94. The molecule has 0 unspecified atom stereocenters. The molecule has 18 heavy (non-hydrogen) atoms. The van der Waals surface area contributed by atoms with Crippen LogP contribution in [0.2, 0.25) is 0 Å². The van der Waals surface area contributed by atoms with Gasteiger partial charge in [-0.05, 0) is 25.5 Å². The van der Waals surface area contributed by atoms with Crippen molar-refractivity contribution in [2.45, 2.75) is 20.3 Å². The van der Waals surface area contributed by atoms with Gasteiger partial charge >= 0.3 is 11.9 Å². The lowest BCUT2D eigenvalue weighted by Crippen LogP contribution is -2.03. The number of aromatic carboxylic acids is 1. The summed E-state index contributed by atoms with van der Waals surface area (Å²) in [5, 5.41) is 9.02. The summed E-state index contributed by atoms with van der Waals surface area (Å²) in [5.74, 6) is 3.92. The maximum Gasteiger partial charge on any atom is 0.336 e. The SMILES string of the molecule is CCOC(=O)CC#Cc1c(C)cccc1C(=O)O. The molecular formula is C14H14O4. The molecule has 0 amide bonds. The Morgan fingerprint density at radius 1 is 1.39 bits per heavy atom. The lowest BCUT2D eigenvalue weighted by molar-refractivity contribution is -0.141. The number of carboxylic acids is 1. The van der Waals surface area contributed by atoms with E-state index in [9.17, 15) is 9.59 Å². The van der Waals surface area contributed by atoms with Crippen molar-refractivity contribution < 1.29 is 19.4 Å². The predicted molar refractivity (Wildman–Crippen MR) is 66.3 cm³/mol. The normalized spacial score (nSPS) is 9.22. The topological polar surface area (TPSA) is 63.6 Å². The van der Waals surface area contributed by atoms with Crippen molar-refractivity contribution in [2.75, 3.05) is 6.61 Å². The molecule has 0 saturated carbocycles. The Morgan fingerprint density at radius 3 is 2.72 bits per heavy atom. The van der Waals surface area contributed by atoms with E-state index < -0.39 is 11.9 Å². The third-order valence-corrected chi connectivity index (χ3v) is 2.25. The summed E-state index contributed by atoms with van der Waals surface area (Å²) in [4.78, 5) is 22.1. The van der Waals surface area contributed by atoms with Crippen LogP contribution in [0.1, 0.15) is 34.8 Å². The molecule has 0 spiro atoms. The minimum Gasteiger partial charge on any atom is -0.478 e. The fraction of sp³-hybridized carbons (Fsp3) is 0.286. The van der Waals surface area contributed by atoms with Gasteiger partial charge < -0.3 is 9.84 Å². The first-order valence-corrected chi connectivity index (χ1v) is 5.53. The van der Waals surface area contributed by atoms with Crippen LogP contribution in [0.3, 0.4) is 0 Å². The zero-order valence-corrected chi connectivity index (χ0v) is 10.3. The molecule has 0 aliphatic rings. The quantitative estimate of drug-likeness (QED) is 0.654. The second kappa shape index (κ2) is 6.45. The van der Waals surface area contributed by atoms with E-state index in [1.54, 1.807) is 26.0 Å². The lowest BCUT2D eigenvalue weighted by Gasteiger charge is -2.02. The van der Waals surface area contributed by atoms with E-state index in [-0.39, 0.29) is 12.0 Å². The molecule has 1 aromatic rings. The molecule has 0 aliphatic heterocycles. The summed E-state index contributed by atoms with van der Waals surface area (Å²) < 4.78 is 4.73. The Morgan fingerprint density at radius 2 is 2.11 bits per heavy atom. The van der Waals surface area contributed by atoms with Gasteiger partial charge in [0.2, 0.25) is 0 Å². The maximum absolute atomic E-state index is 11.1. The number of aryl methyl sites for hydroxylation is 1. The van der Waals surface area contributed by atoms with E-state index in [0.717, 1.165) is 5.56 Å². The van der Waals surface area contributed by atoms with Crippen LogP contribution < -0.4 is 0 Å². The van der Waals surface area contributed by atoms with Crippen molar-refractivity contribution in [3.8, 4) is 11.8 Å². The van der Waals surface area contributed by atoms with Gasteiger partial charge in [0.15, 0.2) is 0 Å². The average Bonchev–Trinajstić information content (AvgIpc) is 2.31. The van der Waals surface area contributed by atoms with Crippen LogP contribution in [0, 0.1) is 18.8 Å². The molecule has 4 nitrogen and oxygen atoms in total. The van der Waals surface area contributed by atoms with Crippen molar-refractivity contribution in [1.29, 1.82) is 0 Å². The standard InChI is InChI=1S/C14H14O4/c1-3-18-13(15)9-5-7-11-10(2)6-4-8-12(11)14(16)17/h4,6,8H,3,9H2,1-2H3,(H,16,17). The van der Waals surface area contributed by atoms with Crippen molar-refractivity contribution in [3.05, 3.63) is 34.9 Å². The number of hydrogen-bond donors (Lipinski definition) is 1. The molecule has 0 bridgehead atoms. The highest BCUT2D eigenvalue weighted by atomic mass is 16.5. The molecule has 4 heteroatoms. The number of carbonyl (C=O) groups excluding carboxylic acids is 1. The summed E-state index contributed by atoms with van der Waals surface area (Å²) in [7, 11) is 0.